The second-order valence-corrected chi connectivity index (χ2v) is 5.78. The Labute approximate surface area is 153 Å². The van der Waals surface area contributed by atoms with Gasteiger partial charge >= 0.3 is 11.9 Å². The summed E-state index contributed by atoms with van der Waals surface area (Å²) < 4.78 is 5.18. The summed E-state index contributed by atoms with van der Waals surface area (Å²) in [4.78, 5) is 34.4. The van der Waals surface area contributed by atoms with Crippen molar-refractivity contribution in [1.29, 1.82) is 0 Å². The average molecular weight is 365 g/mol. The number of carboxylic acid groups (broad SMARTS) is 1. The van der Waals surface area contributed by atoms with Gasteiger partial charge < -0.3 is 25.8 Å². The lowest BCUT2D eigenvalue weighted by Gasteiger charge is -2.17. The Morgan fingerprint density at radius 3 is 2.31 bits per heavy atom. The van der Waals surface area contributed by atoms with E-state index in [1.165, 1.54) is 0 Å². The summed E-state index contributed by atoms with van der Waals surface area (Å²) in [7, 11) is 0. The molecule has 0 saturated carbocycles. The molecule has 1 aromatic rings. The molecule has 8 nitrogen and oxygen atoms in total. The number of carbonyl (C=O) groups is 3. The largest absolute Gasteiger partial charge is 0.480 e. The molecule has 0 bridgehead atoms. The number of nitrogen functional groups attached to an aromatic ring is 1. The first-order valence-electron chi connectivity index (χ1n) is 8.64. The van der Waals surface area contributed by atoms with E-state index in [4.69, 9.17) is 15.6 Å². The lowest BCUT2D eigenvalue weighted by Crippen LogP contribution is -2.32. The molecule has 1 aliphatic heterocycles. The highest BCUT2D eigenvalue weighted by Crippen LogP contribution is 2.07. The summed E-state index contributed by atoms with van der Waals surface area (Å²) in [6.45, 7) is 7.31. The molecule has 1 saturated heterocycles. The summed E-state index contributed by atoms with van der Waals surface area (Å²) in [6.07, 6.45) is 0.769. The fourth-order valence-corrected chi connectivity index (χ4v) is 2.31. The van der Waals surface area contributed by atoms with Crippen molar-refractivity contribution in [2.45, 2.75) is 32.7 Å². The number of nitrogens with two attached hydrogens (primary N) is 1. The third-order valence-corrected chi connectivity index (χ3v) is 3.97. The van der Waals surface area contributed by atoms with E-state index >= 15 is 0 Å². The molecule has 1 amide bonds. The van der Waals surface area contributed by atoms with Crippen LogP contribution in [0.2, 0.25) is 0 Å². The second kappa shape index (κ2) is 11.1. The van der Waals surface area contributed by atoms with Crippen LogP contribution >= 0.6 is 0 Å². The minimum absolute atomic E-state index is 0.164. The number of carboxylic acids is 1. The fraction of sp³-hybridized carbons (Fsp3) is 0.500. The maximum Gasteiger partial charge on any atom is 0.338 e. The van der Waals surface area contributed by atoms with Gasteiger partial charge in [-0.25, -0.2) is 9.59 Å². The van der Waals surface area contributed by atoms with Gasteiger partial charge in [0.15, 0.2) is 0 Å². The lowest BCUT2D eigenvalue weighted by molar-refractivity contribution is -0.140. The summed E-state index contributed by atoms with van der Waals surface area (Å²) in [5.41, 5.74) is 6.73. The Bertz CT molecular complexity index is 599. The minimum Gasteiger partial charge on any atom is -0.480 e. The molecule has 0 aliphatic carbocycles. The molecule has 1 atom stereocenters. The molecular weight excluding hydrogens is 338 g/mol. The van der Waals surface area contributed by atoms with E-state index in [1.807, 2.05) is 0 Å². The van der Waals surface area contributed by atoms with Crippen LogP contribution in [-0.2, 0) is 14.3 Å². The van der Waals surface area contributed by atoms with E-state index in [1.54, 1.807) is 24.3 Å². The highest BCUT2D eigenvalue weighted by molar-refractivity contribution is 5.89. The highest BCUT2D eigenvalue weighted by Gasteiger charge is 2.26. The van der Waals surface area contributed by atoms with Gasteiger partial charge in [-0.15, -0.1) is 0 Å². The number of nitrogens with one attached hydrogen (secondary N) is 1. The van der Waals surface area contributed by atoms with E-state index in [2.05, 4.69) is 24.1 Å². The first-order chi connectivity index (χ1) is 12.4. The smallest absolute Gasteiger partial charge is 0.338 e. The third kappa shape index (κ3) is 7.52. The molecule has 26 heavy (non-hydrogen) atoms. The lowest BCUT2D eigenvalue weighted by atomic mass is 10.2. The topological polar surface area (TPSA) is 122 Å². The number of ether oxygens (including phenoxy) is 1. The summed E-state index contributed by atoms with van der Waals surface area (Å²) in [5.74, 6) is -1.40. The standard InChI is InChI=1S/C13H20N2O2.C5H7NO3/c1-3-15(4-2)9-10-17-13(16)11-5-7-12(14)8-6-11;7-4-2-1-3(6-4)5(8)9/h5-8H,3-4,9-10,14H2,1-2H3;3H,1-2H2,(H,6,7)(H,8,9). The number of likely N-dealkylation sites (N-methyl/N-ethyl adjacent to an activating group) is 1. The molecule has 8 heteroatoms. The second-order valence-electron chi connectivity index (χ2n) is 5.78. The molecular formula is C18H27N3O5. The molecule has 1 aromatic carbocycles. The number of esters is 1. The number of benzene rings is 1. The van der Waals surface area contributed by atoms with Crippen molar-refractivity contribution in [2.75, 3.05) is 32.0 Å². The van der Waals surface area contributed by atoms with Crippen molar-refractivity contribution in [1.82, 2.24) is 10.2 Å². The van der Waals surface area contributed by atoms with Crippen molar-refractivity contribution in [3.63, 3.8) is 0 Å². The van der Waals surface area contributed by atoms with Crippen LogP contribution in [0.3, 0.4) is 0 Å². The quantitative estimate of drug-likeness (QED) is 0.489. The zero-order valence-corrected chi connectivity index (χ0v) is 15.2. The van der Waals surface area contributed by atoms with Crippen molar-refractivity contribution in [2.24, 2.45) is 0 Å². The van der Waals surface area contributed by atoms with Gasteiger partial charge in [0, 0.05) is 18.7 Å². The van der Waals surface area contributed by atoms with Gasteiger partial charge in [-0.2, -0.15) is 0 Å². The Kier molecular flexibility index (Phi) is 9.14. The van der Waals surface area contributed by atoms with Crippen LogP contribution in [-0.4, -0.2) is 60.1 Å². The number of hydrogen-bond acceptors (Lipinski definition) is 6. The van der Waals surface area contributed by atoms with Crippen LogP contribution in [0.15, 0.2) is 24.3 Å². The number of anilines is 1. The minimum atomic E-state index is -0.944. The molecule has 0 aromatic heterocycles. The molecule has 1 heterocycles. The molecule has 4 N–H and O–H groups in total. The molecule has 1 fully saturated rings. The predicted molar refractivity (Wildman–Crippen MR) is 97.7 cm³/mol. The normalized spacial score (nSPS) is 15.8. The van der Waals surface area contributed by atoms with E-state index in [0.717, 1.165) is 19.6 Å². The van der Waals surface area contributed by atoms with Crippen LogP contribution in [0.4, 0.5) is 5.69 Å². The fourth-order valence-electron chi connectivity index (χ4n) is 2.31. The van der Waals surface area contributed by atoms with Crippen LogP contribution in [0, 0.1) is 0 Å². The van der Waals surface area contributed by atoms with Crippen molar-refractivity contribution >= 4 is 23.5 Å². The molecule has 1 unspecified atom stereocenters. The van der Waals surface area contributed by atoms with Gasteiger partial charge in [0.2, 0.25) is 5.91 Å². The number of amides is 1. The number of aliphatic carboxylic acids is 1. The number of carbonyl (C=O) groups excluding carboxylic acids is 2. The first-order valence-corrected chi connectivity index (χ1v) is 8.64. The maximum absolute atomic E-state index is 11.6. The molecule has 0 radical (unpaired) electrons. The van der Waals surface area contributed by atoms with Gasteiger partial charge in [0.25, 0.3) is 0 Å². The van der Waals surface area contributed by atoms with Crippen molar-refractivity contribution < 1.29 is 24.2 Å². The van der Waals surface area contributed by atoms with Gasteiger partial charge in [-0.1, -0.05) is 13.8 Å². The SMILES string of the molecule is CCN(CC)CCOC(=O)c1ccc(N)cc1.O=C1CCC(C(=O)O)N1. The van der Waals surface area contributed by atoms with E-state index in [-0.39, 0.29) is 11.9 Å². The summed E-state index contributed by atoms with van der Waals surface area (Å²) in [6, 6.07) is 6.10. The van der Waals surface area contributed by atoms with Crippen LogP contribution in [0.5, 0.6) is 0 Å². The highest BCUT2D eigenvalue weighted by atomic mass is 16.5. The van der Waals surface area contributed by atoms with Gasteiger partial charge in [-0.3, -0.25) is 4.79 Å². The Hall–Kier alpha value is -2.61. The molecule has 2 rings (SSSR count). The summed E-state index contributed by atoms with van der Waals surface area (Å²) >= 11 is 0. The van der Waals surface area contributed by atoms with Crippen LogP contribution < -0.4 is 11.1 Å². The van der Waals surface area contributed by atoms with E-state index in [9.17, 15) is 14.4 Å². The zero-order valence-electron chi connectivity index (χ0n) is 15.2. The monoisotopic (exact) mass is 365 g/mol. The Balaban J connectivity index is 0.000000314. The first kappa shape index (κ1) is 21.4. The number of nitrogens with zero attached hydrogens (tertiary/aromatic N) is 1. The number of hydrogen-bond donors (Lipinski definition) is 3. The van der Waals surface area contributed by atoms with E-state index < -0.39 is 12.0 Å². The van der Waals surface area contributed by atoms with Crippen LogP contribution in [0.1, 0.15) is 37.0 Å². The predicted octanol–water partition coefficient (Wildman–Crippen LogP) is 1.12. The average Bonchev–Trinajstić information content (AvgIpc) is 3.06. The summed E-state index contributed by atoms with van der Waals surface area (Å²) in [5, 5.41) is 10.6. The third-order valence-electron chi connectivity index (χ3n) is 3.97. The van der Waals surface area contributed by atoms with Crippen molar-refractivity contribution in [3.8, 4) is 0 Å². The zero-order chi connectivity index (χ0) is 19.5. The van der Waals surface area contributed by atoms with Gasteiger partial charge in [0.05, 0.1) is 5.56 Å². The molecule has 0 spiro atoms. The maximum atomic E-state index is 11.6. The molecule has 144 valence electrons. The van der Waals surface area contributed by atoms with Crippen LogP contribution in [0.25, 0.3) is 0 Å². The van der Waals surface area contributed by atoms with Crippen molar-refractivity contribution in [3.05, 3.63) is 29.8 Å². The van der Waals surface area contributed by atoms with Gasteiger partial charge in [-0.05, 0) is 43.8 Å². The van der Waals surface area contributed by atoms with Gasteiger partial charge in [0.1, 0.15) is 12.6 Å². The number of rotatable bonds is 7. The Morgan fingerprint density at radius 1 is 1.27 bits per heavy atom. The van der Waals surface area contributed by atoms with E-state index in [0.29, 0.717) is 30.7 Å². The Morgan fingerprint density at radius 2 is 1.88 bits per heavy atom. The molecule has 1 aliphatic rings.